The molecule has 1 aromatic rings. The van der Waals surface area contributed by atoms with E-state index in [1.807, 2.05) is 13.8 Å². The molecule has 3 rings (SSSR count). The Morgan fingerprint density at radius 2 is 2.12 bits per heavy atom. The molecule has 2 atom stereocenters. The Morgan fingerprint density at radius 1 is 1.36 bits per heavy atom. The number of piperidine rings is 2. The highest BCUT2D eigenvalue weighted by Gasteiger charge is 2.29. The average molecular weight is 348 g/mol. The molecule has 6 heteroatoms. The van der Waals surface area contributed by atoms with E-state index in [1.54, 1.807) is 6.07 Å². The molecule has 0 bridgehead atoms. The zero-order valence-corrected chi connectivity index (χ0v) is 15.8. The number of carbonyl (C=O) groups is 1. The van der Waals surface area contributed by atoms with Crippen LogP contribution in [-0.4, -0.2) is 59.6 Å². The summed E-state index contributed by atoms with van der Waals surface area (Å²) in [5.74, 6) is 2.76. The third-order valence-electron chi connectivity index (χ3n) is 5.75. The van der Waals surface area contributed by atoms with Gasteiger partial charge in [-0.1, -0.05) is 12.1 Å². The number of aryl methyl sites for hydroxylation is 1. The molecule has 0 aliphatic carbocycles. The first-order valence-corrected chi connectivity index (χ1v) is 9.72. The van der Waals surface area contributed by atoms with Crippen molar-refractivity contribution < 1.29 is 9.32 Å². The van der Waals surface area contributed by atoms with Gasteiger partial charge in [0, 0.05) is 19.2 Å². The van der Waals surface area contributed by atoms with Crippen LogP contribution >= 0.6 is 0 Å². The van der Waals surface area contributed by atoms with Crippen molar-refractivity contribution in [3.63, 3.8) is 0 Å². The predicted octanol–water partition coefficient (Wildman–Crippen LogP) is 2.75. The van der Waals surface area contributed by atoms with E-state index in [-0.39, 0.29) is 11.9 Å². The summed E-state index contributed by atoms with van der Waals surface area (Å²) in [6, 6.07) is 1.61. The van der Waals surface area contributed by atoms with Crippen molar-refractivity contribution in [3.8, 4) is 0 Å². The molecule has 1 aromatic heterocycles. The number of carbonyl (C=O) groups excluding carboxylic acids is 1. The van der Waals surface area contributed by atoms with Crippen molar-refractivity contribution in [2.45, 2.75) is 52.5 Å². The average Bonchev–Trinajstić information content (AvgIpc) is 3.01. The van der Waals surface area contributed by atoms with Crippen LogP contribution in [0.2, 0.25) is 0 Å². The van der Waals surface area contributed by atoms with Crippen LogP contribution in [0.25, 0.3) is 0 Å². The highest BCUT2D eigenvalue weighted by molar-refractivity contribution is 5.93. The number of hydrogen-bond donors (Lipinski definition) is 1. The predicted molar refractivity (Wildman–Crippen MR) is 98.5 cm³/mol. The number of nitrogens with zero attached hydrogens (tertiary/aromatic N) is 3. The topological polar surface area (TPSA) is 61.6 Å². The fraction of sp³-hybridized carbons (Fsp3) is 0.789. The highest BCUT2D eigenvalue weighted by atomic mass is 16.5. The van der Waals surface area contributed by atoms with Crippen LogP contribution in [-0.2, 0) is 4.79 Å². The molecule has 0 aromatic carbocycles. The van der Waals surface area contributed by atoms with Gasteiger partial charge in [-0.25, -0.2) is 0 Å². The third-order valence-corrected chi connectivity index (χ3v) is 5.75. The zero-order chi connectivity index (χ0) is 17.8. The molecule has 0 saturated carbocycles. The molecular weight excluding hydrogens is 316 g/mol. The van der Waals surface area contributed by atoms with Gasteiger partial charge < -0.3 is 14.7 Å². The number of rotatable bonds is 5. The molecule has 1 amide bonds. The molecule has 0 radical (unpaired) electrons. The van der Waals surface area contributed by atoms with Gasteiger partial charge >= 0.3 is 0 Å². The van der Waals surface area contributed by atoms with Crippen molar-refractivity contribution in [2.75, 3.05) is 38.0 Å². The van der Waals surface area contributed by atoms with Crippen molar-refractivity contribution >= 4 is 11.7 Å². The number of nitrogens with one attached hydrogen (secondary N) is 1. The monoisotopic (exact) mass is 348 g/mol. The van der Waals surface area contributed by atoms with Crippen LogP contribution in [0.5, 0.6) is 0 Å². The van der Waals surface area contributed by atoms with Gasteiger partial charge in [-0.15, -0.1) is 0 Å². The van der Waals surface area contributed by atoms with E-state index in [2.05, 4.69) is 27.2 Å². The van der Waals surface area contributed by atoms with Crippen LogP contribution in [0, 0.1) is 18.8 Å². The molecule has 25 heavy (non-hydrogen) atoms. The van der Waals surface area contributed by atoms with Gasteiger partial charge in [0.2, 0.25) is 5.91 Å². The van der Waals surface area contributed by atoms with Crippen LogP contribution < -0.4 is 5.32 Å². The zero-order valence-electron chi connectivity index (χ0n) is 15.8. The Morgan fingerprint density at radius 3 is 2.80 bits per heavy atom. The van der Waals surface area contributed by atoms with Gasteiger partial charge in [0.15, 0.2) is 5.82 Å². The molecular formula is C19H32N4O2. The Kier molecular flexibility index (Phi) is 6.12. The molecule has 2 aliphatic heterocycles. The minimum atomic E-state index is -0.138. The molecule has 2 unspecified atom stereocenters. The largest absolute Gasteiger partial charge is 0.360 e. The maximum Gasteiger partial charge on any atom is 0.242 e. The van der Waals surface area contributed by atoms with Gasteiger partial charge in [0.1, 0.15) is 5.76 Å². The lowest BCUT2D eigenvalue weighted by atomic mass is 9.93. The maximum absolute atomic E-state index is 12.5. The standard InChI is InChI=1S/C19H32N4O2/c1-14-6-9-22(10-7-14)12-17-5-4-8-23(13-17)16(3)19(24)20-18-11-15(2)25-21-18/h11,14,16-17H,4-10,12-13H2,1-3H3,(H,20,21,24). The molecule has 3 heterocycles. The van der Waals surface area contributed by atoms with Gasteiger partial charge in [-0.3, -0.25) is 9.69 Å². The number of amides is 1. The van der Waals surface area contributed by atoms with E-state index in [9.17, 15) is 4.79 Å². The first-order chi connectivity index (χ1) is 12.0. The molecule has 2 aliphatic rings. The van der Waals surface area contributed by atoms with Crippen LogP contribution in [0.1, 0.15) is 45.3 Å². The summed E-state index contributed by atoms with van der Waals surface area (Å²) in [4.78, 5) is 17.5. The first-order valence-electron chi connectivity index (χ1n) is 9.72. The van der Waals surface area contributed by atoms with Crippen LogP contribution in [0.15, 0.2) is 10.6 Å². The fourth-order valence-electron chi connectivity index (χ4n) is 4.03. The van der Waals surface area contributed by atoms with Crippen molar-refractivity contribution in [2.24, 2.45) is 11.8 Å². The molecule has 0 spiro atoms. The number of anilines is 1. The van der Waals surface area contributed by atoms with Crippen LogP contribution in [0.3, 0.4) is 0 Å². The summed E-state index contributed by atoms with van der Waals surface area (Å²) in [7, 11) is 0. The molecule has 1 N–H and O–H groups in total. The van der Waals surface area contributed by atoms with Gasteiger partial charge in [-0.2, -0.15) is 0 Å². The number of likely N-dealkylation sites (tertiary alicyclic amines) is 2. The van der Waals surface area contributed by atoms with E-state index in [1.165, 1.54) is 45.3 Å². The lowest BCUT2D eigenvalue weighted by molar-refractivity contribution is -0.121. The second-order valence-corrected chi connectivity index (χ2v) is 7.97. The third kappa shape index (κ3) is 5.05. The number of hydrogen-bond acceptors (Lipinski definition) is 5. The van der Waals surface area contributed by atoms with Gasteiger partial charge in [-0.05, 0) is 71.0 Å². The SMILES string of the molecule is Cc1cc(NC(=O)C(C)N2CCCC(CN3CCC(C)CC3)C2)no1. The summed E-state index contributed by atoms with van der Waals surface area (Å²) in [5, 5.41) is 6.71. The minimum absolute atomic E-state index is 0.000692. The lowest BCUT2D eigenvalue weighted by Crippen LogP contribution is -2.49. The van der Waals surface area contributed by atoms with Crippen molar-refractivity contribution in [1.29, 1.82) is 0 Å². The lowest BCUT2D eigenvalue weighted by Gasteiger charge is -2.39. The molecule has 2 fully saturated rings. The molecule has 6 nitrogen and oxygen atoms in total. The Hall–Kier alpha value is -1.40. The molecule has 140 valence electrons. The van der Waals surface area contributed by atoms with Crippen LogP contribution in [0.4, 0.5) is 5.82 Å². The van der Waals surface area contributed by atoms with Crippen molar-refractivity contribution in [3.05, 3.63) is 11.8 Å². The summed E-state index contributed by atoms with van der Waals surface area (Å²) >= 11 is 0. The van der Waals surface area contributed by atoms with Gasteiger partial charge in [0.05, 0.1) is 6.04 Å². The Labute approximate surface area is 150 Å². The molecule has 2 saturated heterocycles. The van der Waals surface area contributed by atoms with Crippen molar-refractivity contribution in [1.82, 2.24) is 15.0 Å². The summed E-state index contributed by atoms with van der Waals surface area (Å²) in [6.45, 7) is 11.8. The normalized spacial score (nSPS) is 25.0. The Balaban J connectivity index is 1.49. The fourth-order valence-corrected chi connectivity index (χ4v) is 4.03. The van der Waals surface area contributed by atoms with E-state index in [4.69, 9.17) is 4.52 Å². The van der Waals surface area contributed by atoms with E-state index < -0.39 is 0 Å². The summed E-state index contributed by atoms with van der Waals surface area (Å²) in [5.41, 5.74) is 0. The quantitative estimate of drug-likeness (QED) is 0.886. The Bertz CT molecular complexity index is 566. The second-order valence-electron chi connectivity index (χ2n) is 7.97. The number of aromatic nitrogens is 1. The van der Waals surface area contributed by atoms with E-state index in [0.717, 1.165) is 19.0 Å². The smallest absolute Gasteiger partial charge is 0.242 e. The summed E-state index contributed by atoms with van der Waals surface area (Å²) in [6.07, 6.45) is 5.10. The summed E-state index contributed by atoms with van der Waals surface area (Å²) < 4.78 is 5.02. The first kappa shape index (κ1) is 18.4. The van der Waals surface area contributed by atoms with E-state index >= 15 is 0 Å². The highest BCUT2D eigenvalue weighted by Crippen LogP contribution is 2.23. The van der Waals surface area contributed by atoms with Gasteiger partial charge in [0.25, 0.3) is 0 Å². The maximum atomic E-state index is 12.5. The minimum Gasteiger partial charge on any atom is -0.360 e. The second kappa shape index (κ2) is 8.32. The van der Waals surface area contributed by atoms with E-state index in [0.29, 0.717) is 17.5 Å².